The van der Waals surface area contributed by atoms with E-state index in [2.05, 4.69) is 34.9 Å². The largest absolute Gasteiger partial charge is 0.383 e. The van der Waals surface area contributed by atoms with Crippen molar-refractivity contribution in [2.45, 2.75) is 0 Å². The van der Waals surface area contributed by atoms with E-state index in [0.717, 1.165) is 5.69 Å². The molecular weight excluding hydrogens is 268 g/mol. The van der Waals surface area contributed by atoms with Gasteiger partial charge in [-0.1, -0.05) is 42.5 Å². The van der Waals surface area contributed by atoms with Crippen LogP contribution in [-0.4, -0.2) is 25.4 Å². The van der Waals surface area contributed by atoms with E-state index in [-0.39, 0.29) is 0 Å². The van der Waals surface area contributed by atoms with E-state index in [1.54, 1.807) is 7.11 Å². The molecular formula is C16H18N2OS. The predicted molar refractivity (Wildman–Crippen MR) is 88.0 cm³/mol. The van der Waals surface area contributed by atoms with Gasteiger partial charge in [-0.2, -0.15) is 0 Å². The van der Waals surface area contributed by atoms with Crippen molar-refractivity contribution in [2.24, 2.45) is 0 Å². The Balaban J connectivity index is 1.93. The maximum atomic E-state index is 5.20. The molecule has 20 heavy (non-hydrogen) atoms. The van der Waals surface area contributed by atoms with Gasteiger partial charge in [0.1, 0.15) is 0 Å². The number of benzene rings is 2. The fraction of sp³-hybridized carbons (Fsp3) is 0.188. The summed E-state index contributed by atoms with van der Waals surface area (Å²) in [5.74, 6) is 0. The van der Waals surface area contributed by atoms with Crippen molar-refractivity contribution in [3.63, 3.8) is 0 Å². The zero-order valence-corrected chi connectivity index (χ0v) is 12.2. The van der Waals surface area contributed by atoms with Gasteiger partial charge >= 0.3 is 0 Å². The highest BCUT2D eigenvalue weighted by Crippen LogP contribution is 2.20. The Labute approximate surface area is 125 Å². The molecule has 0 atom stereocenters. The van der Waals surface area contributed by atoms with Crippen LogP contribution in [0.25, 0.3) is 11.1 Å². The molecule has 3 nitrogen and oxygen atoms in total. The third-order valence-electron chi connectivity index (χ3n) is 2.84. The molecule has 0 unspecified atom stereocenters. The van der Waals surface area contributed by atoms with Crippen molar-refractivity contribution >= 4 is 23.0 Å². The molecule has 0 saturated heterocycles. The van der Waals surface area contributed by atoms with Crippen LogP contribution >= 0.6 is 12.2 Å². The maximum Gasteiger partial charge on any atom is 0.170 e. The maximum absolute atomic E-state index is 5.20. The monoisotopic (exact) mass is 286 g/mol. The predicted octanol–water partition coefficient (Wildman–Crippen LogP) is 3.29. The lowest BCUT2D eigenvalue weighted by atomic mass is 10.1. The van der Waals surface area contributed by atoms with Crippen molar-refractivity contribution in [2.75, 3.05) is 25.6 Å². The first-order valence-electron chi connectivity index (χ1n) is 6.49. The Morgan fingerprint density at radius 2 is 1.65 bits per heavy atom. The second kappa shape index (κ2) is 7.62. The number of methoxy groups -OCH3 is 1. The summed E-state index contributed by atoms with van der Waals surface area (Å²) in [4.78, 5) is 0. The first kappa shape index (κ1) is 14.5. The van der Waals surface area contributed by atoms with Crippen molar-refractivity contribution in [3.8, 4) is 11.1 Å². The van der Waals surface area contributed by atoms with Gasteiger partial charge in [0.15, 0.2) is 5.11 Å². The molecule has 0 aliphatic rings. The fourth-order valence-electron chi connectivity index (χ4n) is 1.82. The van der Waals surface area contributed by atoms with Gasteiger partial charge in [-0.3, -0.25) is 0 Å². The SMILES string of the molecule is COCCNC(=S)Nc1ccc(-c2ccccc2)cc1. The van der Waals surface area contributed by atoms with E-state index in [4.69, 9.17) is 17.0 Å². The van der Waals surface area contributed by atoms with Crippen LogP contribution in [0, 0.1) is 0 Å². The molecule has 0 aliphatic heterocycles. The van der Waals surface area contributed by atoms with E-state index in [9.17, 15) is 0 Å². The molecule has 0 spiro atoms. The number of ether oxygens (including phenoxy) is 1. The summed E-state index contributed by atoms with van der Waals surface area (Å²) in [5.41, 5.74) is 3.37. The minimum Gasteiger partial charge on any atom is -0.383 e. The Kier molecular flexibility index (Phi) is 5.53. The molecule has 0 aromatic heterocycles. The number of rotatable bonds is 5. The normalized spacial score (nSPS) is 10.1. The van der Waals surface area contributed by atoms with Crippen LogP contribution in [0.15, 0.2) is 54.6 Å². The summed E-state index contributed by atoms with van der Waals surface area (Å²) >= 11 is 5.20. The van der Waals surface area contributed by atoms with E-state index >= 15 is 0 Å². The molecule has 0 amide bonds. The Morgan fingerprint density at radius 3 is 2.30 bits per heavy atom. The number of hydrogen-bond donors (Lipinski definition) is 2. The Hall–Kier alpha value is -1.91. The van der Waals surface area contributed by atoms with Crippen LogP contribution in [0.2, 0.25) is 0 Å². The molecule has 2 aromatic rings. The topological polar surface area (TPSA) is 33.3 Å². The van der Waals surface area contributed by atoms with Crippen LogP contribution in [0.5, 0.6) is 0 Å². The van der Waals surface area contributed by atoms with E-state index < -0.39 is 0 Å². The first-order chi connectivity index (χ1) is 9.79. The van der Waals surface area contributed by atoms with Gasteiger partial charge < -0.3 is 15.4 Å². The standard InChI is InChI=1S/C16H18N2OS/c1-19-12-11-17-16(20)18-15-9-7-14(8-10-15)13-5-3-2-4-6-13/h2-10H,11-12H2,1H3,(H2,17,18,20). The molecule has 4 heteroatoms. The van der Waals surface area contributed by atoms with E-state index in [0.29, 0.717) is 18.3 Å². The minimum atomic E-state index is 0.606. The smallest absolute Gasteiger partial charge is 0.170 e. The van der Waals surface area contributed by atoms with E-state index in [1.807, 2.05) is 30.3 Å². The second-order valence-electron chi connectivity index (χ2n) is 4.32. The molecule has 2 N–H and O–H groups in total. The lowest BCUT2D eigenvalue weighted by Crippen LogP contribution is -2.31. The highest BCUT2D eigenvalue weighted by molar-refractivity contribution is 7.80. The quantitative estimate of drug-likeness (QED) is 0.653. The average molecular weight is 286 g/mol. The van der Waals surface area contributed by atoms with Crippen LogP contribution in [0.4, 0.5) is 5.69 Å². The number of thiocarbonyl (C=S) groups is 1. The molecule has 2 aromatic carbocycles. The molecule has 0 radical (unpaired) electrons. The van der Waals surface area contributed by atoms with Gasteiger partial charge in [-0.25, -0.2) is 0 Å². The van der Waals surface area contributed by atoms with Gasteiger partial charge in [-0.05, 0) is 35.5 Å². The minimum absolute atomic E-state index is 0.606. The summed E-state index contributed by atoms with van der Waals surface area (Å²) < 4.78 is 4.96. The average Bonchev–Trinajstić information content (AvgIpc) is 2.49. The van der Waals surface area contributed by atoms with Crippen LogP contribution in [-0.2, 0) is 4.74 Å². The van der Waals surface area contributed by atoms with Crippen molar-refractivity contribution in [1.82, 2.24) is 5.32 Å². The van der Waals surface area contributed by atoms with E-state index in [1.165, 1.54) is 11.1 Å². The summed E-state index contributed by atoms with van der Waals surface area (Å²) in [6, 6.07) is 18.5. The van der Waals surface area contributed by atoms with Gasteiger partial charge in [-0.15, -0.1) is 0 Å². The van der Waals surface area contributed by atoms with Crippen LogP contribution in [0.3, 0.4) is 0 Å². The summed E-state index contributed by atoms with van der Waals surface area (Å²) in [7, 11) is 1.67. The summed E-state index contributed by atoms with van der Waals surface area (Å²) in [5, 5.41) is 6.82. The zero-order valence-electron chi connectivity index (χ0n) is 11.4. The fourth-order valence-corrected chi connectivity index (χ4v) is 2.04. The molecule has 0 heterocycles. The van der Waals surface area contributed by atoms with Gasteiger partial charge in [0.25, 0.3) is 0 Å². The van der Waals surface area contributed by atoms with Crippen molar-refractivity contribution in [3.05, 3.63) is 54.6 Å². The lowest BCUT2D eigenvalue weighted by Gasteiger charge is -2.10. The lowest BCUT2D eigenvalue weighted by molar-refractivity contribution is 0.204. The summed E-state index contributed by atoms with van der Waals surface area (Å²) in [6.07, 6.45) is 0. The Bertz CT molecular complexity index is 540. The highest BCUT2D eigenvalue weighted by atomic mass is 32.1. The first-order valence-corrected chi connectivity index (χ1v) is 6.89. The molecule has 104 valence electrons. The molecule has 0 saturated carbocycles. The van der Waals surface area contributed by atoms with Crippen LogP contribution in [0.1, 0.15) is 0 Å². The molecule has 0 aliphatic carbocycles. The molecule has 0 bridgehead atoms. The van der Waals surface area contributed by atoms with Crippen LogP contribution < -0.4 is 10.6 Å². The Morgan fingerprint density at radius 1 is 1.00 bits per heavy atom. The van der Waals surface area contributed by atoms with Gasteiger partial charge in [0.2, 0.25) is 0 Å². The van der Waals surface area contributed by atoms with Gasteiger partial charge in [0, 0.05) is 19.3 Å². The third kappa shape index (κ3) is 4.33. The third-order valence-corrected chi connectivity index (χ3v) is 3.09. The number of anilines is 1. The molecule has 2 rings (SSSR count). The number of hydrogen-bond acceptors (Lipinski definition) is 2. The zero-order chi connectivity index (χ0) is 14.2. The molecule has 0 fully saturated rings. The number of nitrogens with one attached hydrogen (secondary N) is 2. The van der Waals surface area contributed by atoms with Gasteiger partial charge in [0.05, 0.1) is 6.61 Å². The summed E-state index contributed by atoms with van der Waals surface area (Å²) in [6.45, 7) is 1.33. The van der Waals surface area contributed by atoms with Crippen molar-refractivity contribution in [1.29, 1.82) is 0 Å². The van der Waals surface area contributed by atoms with Crippen molar-refractivity contribution < 1.29 is 4.74 Å². The highest BCUT2D eigenvalue weighted by Gasteiger charge is 1.99. The second-order valence-corrected chi connectivity index (χ2v) is 4.73.